The van der Waals surface area contributed by atoms with E-state index in [1.165, 1.54) is 4.57 Å². The van der Waals surface area contributed by atoms with Crippen molar-refractivity contribution in [3.63, 3.8) is 0 Å². The Kier molecular flexibility index (Phi) is 4.95. The molecule has 0 bridgehead atoms. The van der Waals surface area contributed by atoms with Crippen molar-refractivity contribution >= 4 is 5.97 Å². The first-order chi connectivity index (χ1) is 8.65. The number of hydrogen-bond donors (Lipinski definition) is 1. The van der Waals surface area contributed by atoms with Crippen LogP contribution in [0.1, 0.15) is 43.2 Å². The van der Waals surface area contributed by atoms with Crippen LogP contribution in [0.4, 0.5) is 0 Å². The first kappa shape index (κ1) is 14.3. The molecule has 0 unspecified atom stereocenters. The van der Waals surface area contributed by atoms with Crippen LogP contribution in [0.25, 0.3) is 0 Å². The Bertz CT molecular complexity index is 490. The summed E-state index contributed by atoms with van der Waals surface area (Å²) in [7, 11) is 0. The van der Waals surface area contributed by atoms with E-state index in [4.69, 9.17) is 4.74 Å². The van der Waals surface area contributed by atoms with E-state index in [0.29, 0.717) is 18.7 Å². The molecule has 0 atom stereocenters. The largest absolute Gasteiger partial charge is 0.507 e. The molecule has 1 N–H and O–H groups in total. The summed E-state index contributed by atoms with van der Waals surface area (Å²) in [6.07, 6.45) is 1.43. The summed E-state index contributed by atoms with van der Waals surface area (Å²) in [5, 5.41) is 9.64. The zero-order valence-corrected chi connectivity index (χ0v) is 11.0. The highest BCUT2D eigenvalue weighted by molar-refractivity contribution is 5.93. The molecule has 0 spiro atoms. The maximum atomic E-state index is 11.6. The molecular weight excluding hydrogens is 234 g/mol. The SMILES string of the molecule is CC.CCOC(=O)c1c(O)cc(=O)n2c1CCC2. The van der Waals surface area contributed by atoms with Crippen molar-refractivity contribution in [1.82, 2.24) is 4.57 Å². The maximum Gasteiger partial charge on any atom is 0.343 e. The van der Waals surface area contributed by atoms with Crippen molar-refractivity contribution in [3.05, 3.63) is 27.7 Å². The molecule has 0 aromatic carbocycles. The van der Waals surface area contributed by atoms with Crippen LogP contribution in [0.15, 0.2) is 10.9 Å². The fraction of sp³-hybridized carbons (Fsp3) is 0.538. The van der Waals surface area contributed by atoms with E-state index in [0.717, 1.165) is 12.5 Å². The fourth-order valence-electron chi connectivity index (χ4n) is 2.02. The standard InChI is InChI=1S/C11H13NO4.C2H6/c1-2-16-11(15)10-7-4-3-5-12(7)9(14)6-8(10)13;1-2/h6,13H,2-5H2,1H3;1-2H3. The predicted molar refractivity (Wildman–Crippen MR) is 68.0 cm³/mol. The van der Waals surface area contributed by atoms with E-state index in [1.807, 2.05) is 13.8 Å². The molecule has 2 rings (SSSR count). The van der Waals surface area contributed by atoms with Crippen molar-refractivity contribution in [2.24, 2.45) is 0 Å². The molecular formula is C13H19NO4. The number of aromatic hydroxyl groups is 1. The lowest BCUT2D eigenvalue weighted by atomic mass is 10.1. The van der Waals surface area contributed by atoms with Gasteiger partial charge in [-0.25, -0.2) is 4.79 Å². The third-order valence-corrected chi connectivity index (χ3v) is 2.67. The summed E-state index contributed by atoms with van der Waals surface area (Å²) in [6, 6.07) is 1.07. The summed E-state index contributed by atoms with van der Waals surface area (Å²) in [5.74, 6) is -0.845. The van der Waals surface area contributed by atoms with Gasteiger partial charge in [0.2, 0.25) is 0 Å². The lowest BCUT2D eigenvalue weighted by molar-refractivity contribution is 0.0521. The Balaban J connectivity index is 0.000000771. The van der Waals surface area contributed by atoms with Crippen LogP contribution >= 0.6 is 0 Å². The number of carbonyl (C=O) groups excluding carboxylic acids is 1. The van der Waals surface area contributed by atoms with E-state index in [9.17, 15) is 14.7 Å². The van der Waals surface area contributed by atoms with Crippen LogP contribution < -0.4 is 5.56 Å². The summed E-state index contributed by atoms with van der Waals surface area (Å²) >= 11 is 0. The van der Waals surface area contributed by atoms with E-state index in [1.54, 1.807) is 6.92 Å². The molecule has 0 fully saturated rings. The van der Waals surface area contributed by atoms with Crippen molar-refractivity contribution in [2.75, 3.05) is 6.61 Å². The van der Waals surface area contributed by atoms with Gasteiger partial charge in [0.15, 0.2) is 0 Å². The van der Waals surface area contributed by atoms with E-state index in [-0.39, 0.29) is 23.5 Å². The quantitative estimate of drug-likeness (QED) is 0.814. The highest BCUT2D eigenvalue weighted by Crippen LogP contribution is 2.24. The highest BCUT2D eigenvalue weighted by atomic mass is 16.5. The summed E-state index contributed by atoms with van der Waals surface area (Å²) in [5.41, 5.74) is 0.459. The smallest absolute Gasteiger partial charge is 0.343 e. The number of aromatic nitrogens is 1. The average molecular weight is 253 g/mol. The Morgan fingerprint density at radius 3 is 2.78 bits per heavy atom. The van der Waals surface area contributed by atoms with Gasteiger partial charge in [0.1, 0.15) is 11.3 Å². The van der Waals surface area contributed by atoms with Gasteiger partial charge in [-0.15, -0.1) is 0 Å². The van der Waals surface area contributed by atoms with Gasteiger partial charge < -0.3 is 14.4 Å². The molecule has 0 aliphatic carbocycles. The highest BCUT2D eigenvalue weighted by Gasteiger charge is 2.24. The first-order valence-electron chi connectivity index (χ1n) is 6.28. The van der Waals surface area contributed by atoms with Crippen molar-refractivity contribution in [2.45, 2.75) is 40.2 Å². The molecule has 18 heavy (non-hydrogen) atoms. The number of fused-ring (bicyclic) bond motifs is 1. The maximum absolute atomic E-state index is 11.6. The number of ether oxygens (including phenoxy) is 1. The lowest BCUT2D eigenvalue weighted by Crippen LogP contribution is -2.22. The van der Waals surface area contributed by atoms with Gasteiger partial charge in [0, 0.05) is 18.3 Å². The molecule has 0 amide bonds. The number of nitrogens with zero attached hydrogens (tertiary/aromatic N) is 1. The minimum absolute atomic E-state index is 0.138. The Morgan fingerprint density at radius 1 is 1.50 bits per heavy atom. The molecule has 1 aromatic rings. The topological polar surface area (TPSA) is 68.5 Å². The molecule has 5 heteroatoms. The van der Waals surface area contributed by atoms with E-state index in [2.05, 4.69) is 0 Å². The summed E-state index contributed by atoms with van der Waals surface area (Å²) in [6.45, 7) is 6.54. The molecule has 0 saturated carbocycles. The normalized spacial score (nSPS) is 12.4. The van der Waals surface area contributed by atoms with E-state index >= 15 is 0 Å². The monoisotopic (exact) mass is 253 g/mol. The molecule has 0 saturated heterocycles. The minimum Gasteiger partial charge on any atom is -0.507 e. The van der Waals surface area contributed by atoms with Crippen molar-refractivity contribution < 1.29 is 14.6 Å². The fourth-order valence-corrected chi connectivity index (χ4v) is 2.02. The van der Waals surface area contributed by atoms with Gasteiger partial charge in [-0.05, 0) is 19.8 Å². The zero-order chi connectivity index (χ0) is 13.7. The molecule has 5 nitrogen and oxygen atoms in total. The Hall–Kier alpha value is -1.78. The molecule has 100 valence electrons. The number of esters is 1. The van der Waals surface area contributed by atoms with E-state index < -0.39 is 5.97 Å². The second kappa shape index (κ2) is 6.23. The molecule has 1 aliphatic rings. The van der Waals surface area contributed by atoms with Crippen molar-refractivity contribution in [3.8, 4) is 5.75 Å². The predicted octanol–water partition coefficient (Wildman–Crippen LogP) is 1.70. The minimum atomic E-state index is -0.564. The third-order valence-electron chi connectivity index (χ3n) is 2.67. The number of rotatable bonds is 2. The Labute approximate surface area is 106 Å². The lowest BCUT2D eigenvalue weighted by Gasteiger charge is -2.10. The van der Waals surface area contributed by atoms with Crippen LogP contribution in [0.2, 0.25) is 0 Å². The molecule has 2 heterocycles. The van der Waals surface area contributed by atoms with Crippen LogP contribution in [-0.2, 0) is 17.7 Å². The van der Waals surface area contributed by atoms with Crippen molar-refractivity contribution in [1.29, 1.82) is 0 Å². The molecule has 1 aromatic heterocycles. The van der Waals surface area contributed by atoms with Gasteiger partial charge in [0.25, 0.3) is 5.56 Å². The molecule has 1 aliphatic heterocycles. The van der Waals surface area contributed by atoms with Gasteiger partial charge in [-0.2, -0.15) is 0 Å². The number of hydrogen-bond acceptors (Lipinski definition) is 4. The number of carbonyl (C=O) groups is 1. The second-order valence-electron chi connectivity index (χ2n) is 3.67. The average Bonchev–Trinajstić information content (AvgIpc) is 2.81. The van der Waals surface area contributed by atoms with Crippen LogP contribution in [0, 0.1) is 0 Å². The third kappa shape index (κ3) is 2.55. The summed E-state index contributed by atoms with van der Waals surface area (Å²) < 4.78 is 6.38. The van der Waals surface area contributed by atoms with Crippen LogP contribution in [0.3, 0.4) is 0 Å². The van der Waals surface area contributed by atoms with Gasteiger partial charge in [-0.1, -0.05) is 13.8 Å². The molecule has 0 radical (unpaired) electrons. The van der Waals surface area contributed by atoms with Gasteiger partial charge in [0.05, 0.1) is 6.61 Å². The zero-order valence-electron chi connectivity index (χ0n) is 11.0. The van der Waals surface area contributed by atoms with Gasteiger partial charge >= 0.3 is 5.97 Å². The van der Waals surface area contributed by atoms with Crippen LogP contribution in [-0.4, -0.2) is 22.2 Å². The number of pyridine rings is 1. The summed E-state index contributed by atoms with van der Waals surface area (Å²) in [4.78, 5) is 23.2. The first-order valence-corrected chi connectivity index (χ1v) is 6.28. The van der Waals surface area contributed by atoms with Gasteiger partial charge in [-0.3, -0.25) is 4.79 Å². The Morgan fingerprint density at radius 2 is 2.17 bits per heavy atom. The second-order valence-corrected chi connectivity index (χ2v) is 3.67. The van der Waals surface area contributed by atoms with Crippen LogP contribution in [0.5, 0.6) is 5.75 Å².